The van der Waals surface area contributed by atoms with Gasteiger partial charge in [-0.1, -0.05) is 54.6 Å². The van der Waals surface area contributed by atoms with E-state index in [0.29, 0.717) is 5.11 Å². The fourth-order valence-electron chi connectivity index (χ4n) is 2.25. The third-order valence-corrected chi connectivity index (χ3v) is 3.51. The van der Waals surface area contributed by atoms with Crippen molar-refractivity contribution >= 4 is 28.8 Å². The minimum absolute atomic E-state index is 0.528. The van der Waals surface area contributed by atoms with Crippen molar-refractivity contribution in [1.82, 2.24) is 4.98 Å². The van der Waals surface area contributed by atoms with Crippen LogP contribution >= 0.6 is 12.2 Å². The van der Waals surface area contributed by atoms with E-state index in [0.717, 1.165) is 23.6 Å². The van der Waals surface area contributed by atoms with Crippen LogP contribution in [0.2, 0.25) is 0 Å². The predicted molar refractivity (Wildman–Crippen MR) is 99.8 cm³/mol. The van der Waals surface area contributed by atoms with E-state index < -0.39 is 0 Å². The number of para-hydroxylation sites is 1. The molecule has 0 atom stereocenters. The number of hydrogen-bond donors (Lipinski definition) is 2. The van der Waals surface area contributed by atoms with Gasteiger partial charge in [0, 0.05) is 17.8 Å². The lowest BCUT2D eigenvalue weighted by molar-refractivity contribution is 1.08. The van der Waals surface area contributed by atoms with Crippen molar-refractivity contribution in [1.29, 1.82) is 0 Å². The lowest BCUT2D eigenvalue weighted by atomic mass is 10.1. The monoisotopic (exact) mass is 319 g/mol. The Morgan fingerprint density at radius 2 is 1.48 bits per heavy atom. The normalized spacial score (nSPS) is 10.1. The molecule has 23 heavy (non-hydrogen) atoms. The molecule has 1 aromatic heterocycles. The molecule has 1 heterocycles. The maximum Gasteiger partial charge on any atom is 0.176 e. The minimum atomic E-state index is 0.528. The molecule has 0 aliphatic carbocycles. The zero-order chi connectivity index (χ0) is 15.9. The summed E-state index contributed by atoms with van der Waals surface area (Å²) in [5.74, 6) is 0.742. The quantitative estimate of drug-likeness (QED) is 0.695. The molecule has 0 unspecified atom stereocenters. The summed E-state index contributed by atoms with van der Waals surface area (Å²) in [5, 5.41) is 6.79. The van der Waals surface area contributed by atoms with Crippen molar-refractivity contribution < 1.29 is 0 Å². The molecule has 114 valence electrons. The second-order valence-corrected chi connectivity index (χ2v) is 5.53. The van der Waals surface area contributed by atoms with E-state index in [1.165, 1.54) is 5.56 Å². The maximum absolute atomic E-state index is 5.33. The largest absolute Gasteiger partial charge is 0.332 e. The van der Waals surface area contributed by atoms with Crippen LogP contribution in [0.4, 0.5) is 11.5 Å². The van der Waals surface area contributed by atoms with Crippen LogP contribution in [0.3, 0.4) is 0 Å². The number of hydrogen-bond acceptors (Lipinski definition) is 2. The molecule has 4 heteroatoms. The Kier molecular flexibility index (Phi) is 4.96. The molecule has 3 aromatic rings. The highest BCUT2D eigenvalue weighted by Crippen LogP contribution is 2.11. The van der Waals surface area contributed by atoms with Gasteiger partial charge in [0.15, 0.2) is 5.11 Å². The molecule has 0 saturated heterocycles. The topological polar surface area (TPSA) is 37.0 Å². The van der Waals surface area contributed by atoms with Gasteiger partial charge in [0.2, 0.25) is 0 Å². The highest BCUT2D eigenvalue weighted by molar-refractivity contribution is 7.80. The van der Waals surface area contributed by atoms with Gasteiger partial charge in [-0.05, 0) is 42.0 Å². The van der Waals surface area contributed by atoms with Crippen LogP contribution < -0.4 is 10.6 Å². The smallest absolute Gasteiger partial charge is 0.176 e. The number of pyridine rings is 1. The van der Waals surface area contributed by atoms with E-state index in [9.17, 15) is 0 Å². The molecule has 0 radical (unpaired) electrons. The summed E-state index contributed by atoms with van der Waals surface area (Å²) in [4.78, 5) is 4.61. The third kappa shape index (κ3) is 4.63. The number of aromatic nitrogens is 1. The molecule has 0 bridgehead atoms. The average Bonchev–Trinajstić information content (AvgIpc) is 2.57. The van der Waals surface area contributed by atoms with Gasteiger partial charge < -0.3 is 10.6 Å². The van der Waals surface area contributed by atoms with Crippen LogP contribution in [0.1, 0.15) is 11.3 Å². The SMILES string of the molecule is S=C(Nc1ccccc1)Nc1cccc(Cc2ccccc2)n1. The van der Waals surface area contributed by atoms with Gasteiger partial charge >= 0.3 is 0 Å². The van der Waals surface area contributed by atoms with Gasteiger partial charge in [-0.15, -0.1) is 0 Å². The molecule has 2 aromatic carbocycles. The van der Waals surface area contributed by atoms with Crippen molar-refractivity contribution in [3.63, 3.8) is 0 Å². The van der Waals surface area contributed by atoms with Gasteiger partial charge in [-0.3, -0.25) is 0 Å². The Labute approximate surface area is 141 Å². The summed E-state index contributed by atoms with van der Waals surface area (Å²) in [6, 6.07) is 26.0. The van der Waals surface area contributed by atoms with Crippen molar-refractivity contribution in [2.75, 3.05) is 10.6 Å². The molecule has 0 fully saturated rings. The molecule has 0 aliphatic rings. The molecule has 0 spiro atoms. The van der Waals surface area contributed by atoms with E-state index in [1.807, 2.05) is 66.7 Å². The highest BCUT2D eigenvalue weighted by Gasteiger charge is 2.02. The first-order valence-electron chi connectivity index (χ1n) is 7.42. The summed E-state index contributed by atoms with van der Waals surface area (Å²) < 4.78 is 0. The van der Waals surface area contributed by atoms with Crippen molar-refractivity contribution in [3.8, 4) is 0 Å². The van der Waals surface area contributed by atoms with Crippen LogP contribution in [-0.2, 0) is 6.42 Å². The van der Waals surface area contributed by atoms with Crippen molar-refractivity contribution in [2.24, 2.45) is 0 Å². The Morgan fingerprint density at radius 1 is 0.783 bits per heavy atom. The Balaban J connectivity index is 1.64. The van der Waals surface area contributed by atoms with Gasteiger partial charge in [0.25, 0.3) is 0 Å². The van der Waals surface area contributed by atoms with E-state index in [4.69, 9.17) is 12.2 Å². The standard InChI is InChI=1S/C19H17N3S/c23-19(21-16-10-5-2-6-11-16)22-18-13-7-12-17(20-18)14-15-8-3-1-4-9-15/h1-13H,14H2,(H2,20,21,22,23). The second-order valence-electron chi connectivity index (χ2n) is 5.12. The predicted octanol–water partition coefficient (Wildman–Crippen LogP) is 4.48. The zero-order valence-electron chi connectivity index (χ0n) is 12.6. The average molecular weight is 319 g/mol. The van der Waals surface area contributed by atoms with Crippen LogP contribution in [0.5, 0.6) is 0 Å². The highest BCUT2D eigenvalue weighted by atomic mass is 32.1. The first kappa shape index (κ1) is 15.2. The lowest BCUT2D eigenvalue weighted by Crippen LogP contribution is -2.19. The number of nitrogens with one attached hydrogen (secondary N) is 2. The van der Waals surface area contributed by atoms with Crippen LogP contribution in [0.15, 0.2) is 78.9 Å². The van der Waals surface area contributed by atoms with E-state index in [-0.39, 0.29) is 0 Å². The number of benzene rings is 2. The Morgan fingerprint density at radius 3 is 2.22 bits per heavy atom. The van der Waals surface area contributed by atoms with Gasteiger partial charge in [-0.25, -0.2) is 4.98 Å². The van der Waals surface area contributed by atoms with Gasteiger partial charge in [0.1, 0.15) is 5.82 Å². The van der Waals surface area contributed by atoms with Gasteiger partial charge in [-0.2, -0.15) is 0 Å². The number of rotatable bonds is 4. The van der Waals surface area contributed by atoms with Crippen LogP contribution in [0.25, 0.3) is 0 Å². The summed E-state index contributed by atoms with van der Waals surface area (Å²) >= 11 is 5.33. The summed E-state index contributed by atoms with van der Waals surface area (Å²) in [7, 11) is 0. The molecular formula is C19H17N3S. The molecule has 3 rings (SSSR count). The molecule has 0 aliphatic heterocycles. The Bertz CT molecular complexity index is 773. The fraction of sp³-hybridized carbons (Fsp3) is 0.0526. The van der Waals surface area contributed by atoms with E-state index in [2.05, 4.69) is 27.8 Å². The maximum atomic E-state index is 5.33. The number of nitrogens with zero attached hydrogens (tertiary/aromatic N) is 1. The Hall–Kier alpha value is -2.72. The number of anilines is 2. The minimum Gasteiger partial charge on any atom is -0.332 e. The second kappa shape index (κ2) is 7.51. The fourth-order valence-corrected chi connectivity index (χ4v) is 2.48. The number of thiocarbonyl (C=S) groups is 1. The lowest BCUT2D eigenvalue weighted by Gasteiger charge is -2.10. The van der Waals surface area contributed by atoms with Crippen LogP contribution in [-0.4, -0.2) is 10.1 Å². The zero-order valence-corrected chi connectivity index (χ0v) is 13.4. The van der Waals surface area contributed by atoms with E-state index in [1.54, 1.807) is 0 Å². The molecule has 0 amide bonds. The summed E-state index contributed by atoms with van der Waals surface area (Å²) in [6.45, 7) is 0. The van der Waals surface area contributed by atoms with Gasteiger partial charge in [0.05, 0.1) is 0 Å². The molecule has 3 nitrogen and oxygen atoms in total. The van der Waals surface area contributed by atoms with E-state index >= 15 is 0 Å². The van der Waals surface area contributed by atoms with Crippen molar-refractivity contribution in [2.45, 2.75) is 6.42 Å². The third-order valence-electron chi connectivity index (χ3n) is 3.31. The molecule has 2 N–H and O–H groups in total. The first-order valence-corrected chi connectivity index (χ1v) is 7.83. The molecular weight excluding hydrogens is 302 g/mol. The van der Waals surface area contributed by atoms with Crippen molar-refractivity contribution in [3.05, 3.63) is 90.1 Å². The molecule has 0 saturated carbocycles. The summed E-state index contributed by atoms with van der Waals surface area (Å²) in [5.41, 5.74) is 3.19. The van der Waals surface area contributed by atoms with Crippen LogP contribution in [0, 0.1) is 0 Å². The summed E-state index contributed by atoms with van der Waals surface area (Å²) in [6.07, 6.45) is 0.801. The first-order chi connectivity index (χ1) is 11.3.